The summed E-state index contributed by atoms with van der Waals surface area (Å²) in [5.41, 5.74) is 2.04. The number of amides is 2. The minimum Gasteiger partial charge on any atom is -0.478 e. The van der Waals surface area contributed by atoms with E-state index in [9.17, 15) is 19.5 Å². The fraction of sp³-hybridized carbons (Fsp3) is 0.348. The number of carboxylic acid groups (broad SMARTS) is 1. The summed E-state index contributed by atoms with van der Waals surface area (Å²) in [6.45, 7) is 1.98. The molecule has 148 valence electrons. The van der Waals surface area contributed by atoms with Gasteiger partial charge >= 0.3 is 5.97 Å². The molecule has 5 nitrogen and oxygen atoms in total. The molecule has 2 aromatic carbocycles. The average Bonchev–Trinajstić information content (AvgIpc) is 3.34. The van der Waals surface area contributed by atoms with Crippen molar-refractivity contribution in [1.29, 1.82) is 0 Å². The van der Waals surface area contributed by atoms with E-state index in [1.165, 1.54) is 4.90 Å². The molecule has 29 heavy (non-hydrogen) atoms. The van der Waals surface area contributed by atoms with Crippen molar-refractivity contribution in [1.82, 2.24) is 0 Å². The number of benzene rings is 2. The van der Waals surface area contributed by atoms with E-state index in [2.05, 4.69) is 0 Å². The van der Waals surface area contributed by atoms with Crippen LogP contribution in [-0.2, 0) is 9.59 Å². The first-order valence-corrected chi connectivity index (χ1v) is 10.8. The molecule has 0 unspecified atom stereocenters. The smallest absolute Gasteiger partial charge is 0.336 e. The molecule has 2 aliphatic carbocycles. The predicted octanol–water partition coefficient (Wildman–Crippen LogP) is 4.00. The number of anilines is 1. The molecule has 2 amide bonds. The monoisotopic (exact) mass is 407 g/mol. The number of aromatic carboxylic acids is 1. The van der Waals surface area contributed by atoms with E-state index in [1.54, 1.807) is 23.9 Å². The highest BCUT2D eigenvalue weighted by Crippen LogP contribution is 2.60. The number of imide groups is 1. The maximum absolute atomic E-state index is 13.2. The summed E-state index contributed by atoms with van der Waals surface area (Å²) in [5, 5.41) is 9.62. The van der Waals surface area contributed by atoms with Crippen molar-refractivity contribution in [3.63, 3.8) is 0 Å². The van der Waals surface area contributed by atoms with Gasteiger partial charge in [-0.1, -0.05) is 29.8 Å². The van der Waals surface area contributed by atoms with Crippen molar-refractivity contribution in [3.05, 3.63) is 59.7 Å². The Labute approximate surface area is 173 Å². The molecule has 1 saturated heterocycles. The molecule has 1 aliphatic heterocycles. The molecule has 1 heterocycles. The summed E-state index contributed by atoms with van der Waals surface area (Å²) < 4.78 is 0. The van der Waals surface area contributed by atoms with Gasteiger partial charge in [-0.15, -0.1) is 11.8 Å². The van der Waals surface area contributed by atoms with Gasteiger partial charge in [-0.25, -0.2) is 4.79 Å². The SMILES string of the molecule is Cc1ccc(N2C(=O)[C@@H]3[C@@H]4C[C@@H]([C@@H]3C2=O)[C@H](Sc2ccccc2C(=O)O)C4)cc1. The molecule has 1 N–H and O–H groups in total. The highest BCUT2D eigenvalue weighted by atomic mass is 32.2. The van der Waals surface area contributed by atoms with E-state index in [-0.39, 0.29) is 40.7 Å². The number of rotatable bonds is 4. The zero-order chi connectivity index (χ0) is 20.3. The van der Waals surface area contributed by atoms with Crippen LogP contribution in [0.5, 0.6) is 0 Å². The minimum absolute atomic E-state index is 0.0641. The summed E-state index contributed by atoms with van der Waals surface area (Å²) in [7, 11) is 0. The van der Waals surface area contributed by atoms with Crippen molar-refractivity contribution in [3.8, 4) is 0 Å². The molecule has 2 bridgehead atoms. The van der Waals surface area contributed by atoms with Gasteiger partial charge < -0.3 is 5.11 Å². The van der Waals surface area contributed by atoms with Gasteiger partial charge in [0, 0.05) is 10.1 Å². The first-order chi connectivity index (χ1) is 14.0. The van der Waals surface area contributed by atoms with Crippen molar-refractivity contribution in [2.75, 3.05) is 4.90 Å². The van der Waals surface area contributed by atoms with E-state index in [4.69, 9.17) is 0 Å². The largest absolute Gasteiger partial charge is 0.478 e. The van der Waals surface area contributed by atoms with Gasteiger partial charge in [-0.3, -0.25) is 14.5 Å². The summed E-state index contributed by atoms with van der Waals surface area (Å²) in [4.78, 5) is 40.0. The summed E-state index contributed by atoms with van der Waals surface area (Å²) >= 11 is 1.56. The Morgan fingerprint density at radius 3 is 2.41 bits per heavy atom. The second-order valence-electron chi connectivity index (χ2n) is 8.25. The van der Waals surface area contributed by atoms with Crippen LogP contribution < -0.4 is 4.90 Å². The molecule has 5 rings (SSSR count). The normalized spacial score (nSPS) is 30.1. The highest BCUT2D eigenvalue weighted by Gasteiger charge is 2.64. The lowest BCUT2D eigenvalue weighted by atomic mass is 9.81. The Morgan fingerprint density at radius 1 is 1.00 bits per heavy atom. The van der Waals surface area contributed by atoms with Crippen LogP contribution in [0, 0.1) is 30.6 Å². The van der Waals surface area contributed by atoms with Crippen molar-refractivity contribution >= 4 is 35.2 Å². The zero-order valence-corrected chi connectivity index (χ0v) is 16.8. The van der Waals surface area contributed by atoms with Crippen LogP contribution in [0.25, 0.3) is 0 Å². The average molecular weight is 407 g/mol. The number of aryl methyl sites for hydroxylation is 1. The van der Waals surface area contributed by atoms with E-state index in [0.29, 0.717) is 11.3 Å². The third-order valence-electron chi connectivity index (χ3n) is 6.64. The number of thioether (sulfide) groups is 1. The third-order valence-corrected chi connectivity index (χ3v) is 8.10. The second-order valence-corrected chi connectivity index (χ2v) is 9.53. The van der Waals surface area contributed by atoms with Crippen LogP contribution in [0.3, 0.4) is 0 Å². The first-order valence-electron chi connectivity index (χ1n) is 9.89. The third kappa shape index (κ3) is 2.81. The highest BCUT2D eigenvalue weighted by molar-refractivity contribution is 8.00. The van der Waals surface area contributed by atoms with Crippen LogP contribution in [0.15, 0.2) is 53.4 Å². The van der Waals surface area contributed by atoms with Crippen LogP contribution >= 0.6 is 11.8 Å². The predicted molar refractivity (Wildman–Crippen MR) is 110 cm³/mol. The lowest BCUT2D eigenvalue weighted by molar-refractivity contribution is -0.123. The van der Waals surface area contributed by atoms with Crippen molar-refractivity contribution < 1.29 is 19.5 Å². The number of nitrogens with zero attached hydrogens (tertiary/aromatic N) is 1. The Morgan fingerprint density at radius 2 is 1.69 bits per heavy atom. The maximum Gasteiger partial charge on any atom is 0.336 e. The van der Waals surface area contributed by atoms with E-state index >= 15 is 0 Å². The van der Waals surface area contributed by atoms with Gasteiger partial charge in [0.25, 0.3) is 0 Å². The molecule has 0 aromatic heterocycles. The standard InChI is InChI=1S/C23H21NO4S/c1-12-6-8-14(9-7-12)24-21(25)19-13-10-16(20(19)22(24)26)18(11-13)29-17-5-3-2-4-15(17)23(27)28/h2-9,13,16,18-20H,10-11H2,1H3,(H,27,28)/t13-,16-,18-,19-,20+/m1/s1. The molecule has 2 aromatic rings. The second kappa shape index (κ2) is 6.73. The quantitative estimate of drug-likeness (QED) is 0.776. The topological polar surface area (TPSA) is 74.7 Å². The van der Waals surface area contributed by atoms with Crippen LogP contribution in [-0.4, -0.2) is 28.1 Å². The zero-order valence-electron chi connectivity index (χ0n) is 15.9. The van der Waals surface area contributed by atoms with Gasteiger partial charge in [0.05, 0.1) is 23.1 Å². The summed E-state index contributed by atoms with van der Waals surface area (Å²) in [6, 6.07) is 14.5. The van der Waals surface area contributed by atoms with Crippen LogP contribution in [0.2, 0.25) is 0 Å². The molecular formula is C23H21NO4S. The lowest BCUT2D eigenvalue weighted by Crippen LogP contribution is -2.33. The van der Waals surface area contributed by atoms with Crippen LogP contribution in [0.4, 0.5) is 5.69 Å². The first kappa shape index (κ1) is 18.4. The van der Waals surface area contributed by atoms with Gasteiger partial charge in [0.2, 0.25) is 11.8 Å². The van der Waals surface area contributed by atoms with Gasteiger partial charge in [0.1, 0.15) is 0 Å². The number of carbonyl (C=O) groups is 3. The fourth-order valence-corrected chi connectivity index (χ4v) is 6.96. The van der Waals surface area contributed by atoms with Crippen molar-refractivity contribution in [2.45, 2.75) is 29.9 Å². The Hall–Kier alpha value is -2.60. The van der Waals surface area contributed by atoms with Crippen LogP contribution in [0.1, 0.15) is 28.8 Å². The Balaban J connectivity index is 1.41. The number of hydrogen-bond donors (Lipinski definition) is 1. The van der Waals surface area contributed by atoms with Gasteiger partial charge in [-0.05, 0) is 55.9 Å². The van der Waals surface area contributed by atoms with Gasteiger partial charge in [0.15, 0.2) is 0 Å². The number of carboxylic acids is 1. The van der Waals surface area contributed by atoms with E-state index in [1.807, 2.05) is 43.3 Å². The van der Waals surface area contributed by atoms with E-state index < -0.39 is 5.97 Å². The fourth-order valence-electron chi connectivity index (χ4n) is 5.39. The number of carbonyl (C=O) groups excluding carboxylic acids is 2. The number of fused-ring (bicyclic) bond motifs is 5. The summed E-state index contributed by atoms with van der Waals surface area (Å²) in [5.74, 6) is -1.28. The maximum atomic E-state index is 13.2. The molecule has 3 fully saturated rings. The molecule has 0 radical (unpaired) electrons. The molecule has 2 saturated carbocycles. The molecule has 3 aliphatic rings. The Kier molecular flexibility index (Phi) is 4.28. The lowest BCUT2D eigenvalue weighted by Gasteiger charge is -2.28. The van der Waals surface area contributed by atoms with Gasteiger partial charge in [-0.2, -0.15) is 0 Å². The molecular weight excluding hydrogens is 386 g/mol. The van der Waals surface area contributed by atoms with Crippen molar-refractivity contribution in [2.24, 2.45) is 23.7 Å². The molecule has 5 atom stereocenters. The molecule has 6 heteroatoms. The van der Waals surface area contributed by atoms with E-state index in [0.717, 1.165) is 23.3 Å². The summed E-state index contributed by atoms with van der Waals surface area (Å²) in [6.07, 6.45) is 1.73. The molecule has 0 spiro atoms. The number of hydrogen-bond acceptors (Lipinski definition) is 4. The minimum atomic E-state index is -0.938. The Bertz CT molecular complexity index is 1020.